The van der Waals surface area contributed by atoms with Crippen molar-refractivity contribution in [3.63, 3.8) is 0 Å². The number of fused-ring (bicyclic) bond motifs is 4. The number of aryl methyl sites for hydroxylation is 2. The highest BCUT2D eigenvalue weighted by atomic mass is 35.5. The normalized spacial score (nSPS) is 13.6. The second-order valence-corrected chi connectivity index (χ2v) is 8.36. The van der Waals surface area contributed by atoms with Gasteiger partial charge in [0.2, 0.25) is 11.6 Å². The minimum Gasteiger partial charge on any atom is -0.433 e. The molecule has 1 aromatic carbocycles. The van der Waals surface area contributed by atoms with E-state index in [0.717, 1.165) is 35.9 Å². The number of amides is 1. The molecule has 5 rings (SSSR count). The molecule has 1 N–H and O–H groups in total. The summed E-state index contributed by atoms with van der Waals surface area (Å²) in [4.78, 5) is 25.8. The number of hydrogen-bond acceptors (Lipinski definition) is 6. The number of anilines is 1. The maximum Gasteiger partial charge on any atom is 0.234 e. The van der Waals surface area contributed by atoms with Crippen LogP contribution in [0.1, 0.15) is 24.1 Å². The van der Waals surface area contributed by atoms with Crippen molar-refractivity contribution in [2.75, 3.05) is 11.1 Å². The van der Waals surface area contributed by atoms with Crippen LogP contribution in [0.3, 0.4) is 0 Å². The Morgan fingerprint density at radius 2 is 2.10 bits per heavy atom. The predicted octanol–water partition coefficient (Wildman–Crippen LogP) is 5.03. The van der Waals surface area contributed by atoms with Gasteiger partial charge in [0, 0.05) is 16.4 Å². The smallest absolute Gasteiger partial charge is 0.234 e. The largest absolute Gasteiger partial charge is 0.433 e. The highest BCUT2D eigenvalue weighted by Crippen LogP contribution is 2.34. The van der Waals surface area contributed by atoms with Crippen molar-refractivity contribution < 1.29 is 9.21 Å². The monoisotopic (exact) mass is 424 g/mol. The maximum absolute atomic E-state index is 12.3. The van der Waals surface area contributed by atoms with E-state index in [0.29, 0.717) is 27.0 Å². The third-order valence-corrected chi connectivity index (χ3v) is 6.15. The van der Waals surface area contributed by atoms with E-state index in [9.17, 15) is 4.79 Å². The molecule has 0 spiro atoms. The van der Waals surface area contributed by atoms with Crippen molar-refractivity contribution in [1.82, 2.24) is 15.0 Å². The van der Waals surface area contributed by atoms with Crippen molar-refractivity contribution in [3.05, 3.63) is 52.9 Å². The number of nitrogens with zero attached hydrogens (tertiary/aromatic N) is 3. The summed E-state index contributed by atoms with van der Waals surface area (Å²) in [7, 11) is 0. The lowest BCUT2D eigenvalue weighted by atomic mass is 9.95. The summed E-state index contributed by atoms with van der Waals surface area (Å²) in [5.41, 5.74) is 4.97. The van der Waals surface area contributed by atoms with Gasteiger partial charge in [-0.3, -0.25) is 4.79 Å². The Morgan fingerprint density at radius 1 is 1.21 bits per heavy atom. The molecule has 0 saturated carbocycles. The molecule has 0 radical (unpaired) electrons. The number of hydrogen-bond donors (Lipinski definition) is 1. The summed E-state index contributed by atoms with van der Waals surface area (Å²) in [5, 5.41) is 4.95. The van der Waals surface area contributed by atoms with E-state index in [1.54, 1.807) is 24.3 Å². The van der Waals surface area contributed by atoms with Crippen LogP contribution in [-0.2, 0) is 17.6 Å². The zero-order valence-electron chi connectivity index (χ0n) is 15.4. The van der Waals surface area contributed by atoms with Crippen LogP contribution in [0.15, 0.2) is 46.1 Å². The fraction of sp³-hybridized carbons (Fsp3) is 0.238. The summed E-state index contributed by atoms with van der Waals surface area (Å²) in [6.07, 6.45) is 5.89. The van der Waals surface area contributed by atoms with E-state index < -0.39 is 0 Å². The molecule has 146 valence electrons. The summed E-state index contributed by atoms with van der Waals surface area (Å²) in [6, 6.07) is 9.21. The minimum absolute atomic E-state index is 0.145. The SMILES string of the molecule is O=C(CSc1ncnc2c1oc1nc3c(cc12)CCCC3)Nc1cccc(Cl)c1. The van der Waals surface area contributed by atoms with Crippen molar-refractivity contribution >= 4 is 57.2 Å². The molecule has 4 aromatic rings. The molecule has 0 atom stereocenters. The van der Waals surface area contributed by atoms with Gasteiger partial charge in [-0.1, -0.05) is 29.4 Å². The number of halogens is 1. The third kappa shape index (κ3) is 3.68. The highest BCUT2D eigenvalue weighted by Gasteiger charge is 2.19. The first-order chi connectivity index (χ1) is 14.2. The van der Waals surface area contributed by atoms with Gasteiger partial charge in [-0.25, -0.2) is 15.0 Å². The average molecular weight is 425 g/mol. The van der Waals surface area contributed by atoms with Gasteiger partial charge in [-0.05, 0) is 55.5 Å². The molecule has 0 saturated heterocycles. The molecule has 0 aliphatic heterocycles. The zero-order valence-corrected chi connectivity index (χ0v) is 17.0. The van der Waals surface area contributed by atoms with Crippen LogP contribution >= 0.6 is 23.4 Å². The van der Waals surface area contributed by atoms with Gasteiger partial charge < -0.3 is 9.73 Å². The molecule has 1 aliphatic carbocycles. The van der Waals surface area contributed by atoms with Gasteiger partial charge in [0.25, 0.3) is 0 Å². The molecule has 1 amide bonds. The summed E-state index contributed by atoms with van der Waals surface area (Å²) < 4.78 is 6.01. The Bertz CT molecular complexity index is 1240. The first-order valence-electron chi connectivity index (χ1n) is 9.41. The van der Waals surface area contributed by atoms with Crippen LogP contribution in [0.2, 0.25) is 5.02 Å². The van der Waals surface area contributed by atoms with Gasteiger partial charge in [0.15, 0.2) is 5.58 Å². The number of nitrogens with one attached hydrogen (secondary N) is 1. The van der Waals surface area contributed by atoms with Crippen LogP contribution in [-0.4, -0.2) is 26.6 Å². The number of rotatable bonds is 4. The quantitative estimate of drug-likeness (QED) is 0.365. The molecule has 29 heavy (non-hydrogen) atoms. The van der Waals surface area contributed by atoms with Gasteiger partial charge >= 0.3 is 0 Å². The first-order valence-corrected chi connectivity index (χ1v) is 10.8. The maximum atomic E-state index is 12.3. The van der Waals surface area contributed by atoms with E-state index in [4.69, 9.17) is 21.0 Å². The Balaban J connectivity index is 1.40. The van der Waals surface area contributed by atoms with Gasteiger partial charge in [-0.2, -0.15) is 0 Å². The van der Waals surface area contributed by atoms with E-state index in [2.05, 4.69) is 21.4 Å². The average Bonchev–Trinajstić information content (AvgIpc) is 3.08. The molecule has 1 aliphatic rings. The fourth-order valence-corrected chi connectivity index (χ4v) is 4.52. The number of carbonyl (C=O) groups excluding carboxylic acids is 1. The van der Waals surface area contributed by atoms with Crippen molar-refractivity contribution in [2.24, 2.45) is 0 Å². The zero-order chi connectivity index (χ0) is 19.8. The number of carbonyl (C=O) groups is 1. The molecule has 0 bridgehead atoms. The highest BCUT2D eigenvalue weighted by molar-refractivity contribution is 8.00. The lowest BCUT2D eigenvalue weighted by Crippen LogP contribution is -2.14. The van der Waals surface area contributed by atoms with Crippen LogP contribution in [0.25, 0.3) is 22.2 Å². The van der Waals surface area contributed by atoms with E-state index in [1.165, 1.54) is 30.1 Å². The molecule has 0 unspecified atom stereocenters. The van der Waals surface area contributed by atoms with Crippen molar-refractivity contribution in [1.29, 1.82) is 0 Å². The van der Waals surface area contributed by atoms with E-state index in [-0.39, 0.29) is 11.7 Å². The van der Waals surface area contributed by atoms with E-state index in [1.807, 2.05) is 0 Å². The van der Waals surface area contributed by atoms with Crippen LogP contribution < -0.4 is 5.32 Å². The topological polar surface area (TPSA) is 80.9 Å². The fourth-order valence-electron chi connectivity index (χ4n) is 3.60. The van der Waals surface area contributed by atoms with Gasteiger partial charge in [0.05, 0.1) is 11.1 Å². The molecule has 3 heterocycles. The van der Waals surface area contributed by atoms with Gasteiger partial charge in [0.1, 0.15) is 16.9 Å². The molecule has 3 aromatic heterocycles. The summed E-state index contributed by atoms with van der Waals surface area (Å²) in [6.45, 7) is 0. The van der Waals surface area contributed by atoms with Crippen LogP contribution in [0.5, 0.6) is 0 Å². The number of benzene rings is 1. The Kier molecular flexibility index (Phi) is 4.85. The predicted molar refractivity (Wildman–Crippen MR) is 115 cm³/mol. The Hall–Kier alpha value is -2.64. The van der Waals surface area contributed by atoms with E-state index >= 15 is 0 Å². The molecule has 8 heteroatoms. The molecule has 0 fully saturated rings. The lowest BCUT2D eigenvalue weighted by molar-refractivity contribution is -0.113. The molecular weight excluding hydrogens is 408 g/mol. The van der Waals surface area contributed by atoms with Crippen LogP contribution in [0.4, 0.5) is 5.69 Å². The number of pyridine rings is 1. The second kappa shape index (κ2) is 7.65. The van der Waals surface area contributed by atoms with Crippen molar-refractivity contribution in [2.45, 2.75) is 30.7 Å². The summed E-state index contributed by atoms with van der Waals surface area (Å²) >= 11 is 7.27. The molecule has 6 nitrogen and oxygen atoms in total. The number of aromatic nitrogens is 3. The lowest BCUT2D eigenvalue weighted by Gasteiger charge is -2.13. The molecular formula is C21H17ClN4O2S. The second-order valence-electron chi connectivity index (χ2n) is 6.96. The van der Waals surface area contributed by atoms with Gasteiger partial charge in [-0.15, -0.1) is 0 Å². The number of furan rings is 1. The third-order valence-electron chi connectivity index (χ3n) is 4.94. The van der Waals surface area contributed by atoms with Crippen LogP contribution in [0, 0.1) is 0 Å². The first kappa shape index (κ1) is 18.4. The summed E-state index contributed by atoms with van der Waals surface area (Å²) in [5.74, 6) is 0.0494. The Morgan fingerprint density at radius 3 is 3.00 bits per heavy atom. The van der Waals surface area contributed by atoms with Crippen molar-refractivity contribution in [3.8, 4) is 0 Å². The Labute approximate surface area is 176 Å². The number of thioether (sulfide) groups is 1. The minimum atomic E-state index is -0.145. The standard InChI is InChI=1S/C21H17ClN4O2S/c22-13-5-3-6-14(9-13)25-17(27)10-29-21-19-18(23-11-24-21)15-8-12-4-1-2-7-16(12)26-20(15)28-19/h3,5-6,8-9,11H,1-2,4,7,10H2,(H,25,27).